The normalized spacial score (nSPS) is 12.6. The number of rotatable bonds is 3. The first-order chi connectivity index (χ1) is 7.31. The van der Waals surface area contributed by atoms with Gasteiger partial charge >= 0.3 is 0 Å². The first-order valence-corrected chi connectivity index (χ1v) is 5.02. The molecule has 1 aromatic heterocycles. The number of fused-ring (bicyclic) bond motifs is 1. The maximum atomic E-state index is 5.99. The van der Waals surface area contributed by atoms with E-state index in [1.165, 1.54) is 0 Å². The zero-order valence-corrected chi connectivity index (χ0v) is 8.56. The van der Waals surface area contributed by atoms with Crippen LogP contribution in [-0.2, 0) is 0 Å². The van der Waals surface area contributed by atoms with E-state index in [1.54, 1.807) is 0 Å². The lowest BCUT2D eigenvalue weighted by molar-refractivity contribution is 0.739. The average molecular weight is 198 g/mol. The Morgan fingerprint density at radius 2 is 2.20 bits per heavy atom. The Hall–Kier alpha value is -1.67. The Balaban J connectivity index is 2.42. The highest BCUT2D eigenvalue weighted by molar-refractivity contribution is 5.78. The van der Waals surface area contributed by atoms with Crippen LogP contribution in [0.5, 0.6) is 0 Å². The zero-order valence-electron chi connectivity index (χ0n) is 8.56. The number of hydrogen-bond donors (Lipinski definition) is 1. The number of para-hydroxylation sites is 1. The van der Waals surface area contributed by atoms with Gasteiger partial charge < -0.3 is 5.73 Å². The van der Waals surface area contributed by atoms with E-state index >= 15 is 0 Å². The smallest absolute Gasteiger partial charge is 0.0702 e. The van der Waals surface area contributed by atoms with Crippen molar-refractivity contribution in [1.82, 2.24) is 4.98 Å². The molecule has 1 unspecified atom stereocenters. The summed E-state index contributed by atoms with van der Waals surface area (Å²) in [6.07, 6.45) is 4.45. The van der Waals surface area contributed by atoms with Crippen molar-refractivity contribution in [3.05, 3.63) is 54.7 Å². The second-order valence-corrected chi connectivity index (χ2v) is 3.59. The predicted molar refractivity (Wildman–Crippen MR) is 63.5 cm³/mol. The summed E-state index contributed by atoms with van der Waals surface area (Å²) in [7, 11) is 0. The molecule has 2 heteroatoms. The van der Waals surface area contributed by atoms with Crippen LogP contribution in [0, 0.1) is 0 Å². The van der Waals surface area contributed by atoms with Crippen LogP contribution in [0.2, 0.25) is 0 Å². The second kappa shape index (κ2) is 4.24. The largest absolute Gasteiger partial charge is 0.324 e. The van der Waals surface area contributed by atoms with E-state index in [2.05, 4.69) is 17.6 Å². The van der Waals surface area contributed by atoms with Crippen LogP contribution in [-0.4, -0.2) is 4.98 Å². The average Bonchev–Trinajstić information content (AvgIpc) is 2.29. The van der Waals surface area contributed by atoms with Crippen LogP contribution in [0.4, 0.5) is 0 Å². The third-order valence-electron chi connectivity index (χ3n) is 2.46. The zero-order chi connectivity index (χ0) is 10.7. The lowest BCUT2D eigenvalue weighted by Crippen LogP contribution is -2.09. The number of nitrogens with two attached hydrogens (primary N) is 1. The van der Waals surface area contributed by atoms with Gasteiger partial charge in [0.15, 0.2) is 0 Å². The molecule has 0 fully saturated rings. The molecule has 1 atom stereocenters. The molecule has 0 saturated heterocycles. The standard InChI is InChI=1S/C13H14N2/c1-2-5-12(14)11-8-10-6-3-4-7-13(10)15-9-11/h2-4,6-9,12H,1,5,14H2. The van der Waals surface area contributed by atoms with Gasteiger partial charge in [0.1, 0.15) is 0 Å². The van der Waals surface area contributed by atoms with Crippen molar-refractivity contribution < 1.29 is 0 Å². The number of pyridine rings is 1. The fraction of sp³-hybridized carbons (Fsp3) is 0.154. The highest BCUT2D eigenvalue weighted by Crippen LogP contribution is 2.18. The molecule has 1 aromatic carbocycles. The fourth-order valence-electron chi connectivity index (χ4n) is 1.61. The van der Waals surface area contributed by atoms with E-state index < -0.39 is 0 Å². The molecule has 0 aliphatic carbocycles. The summed E-state index contributed by atoms with van der Waals surface area (Å²) < 4.78 is 0. The number of benzene rings is 1. The molecular formula is C13H14N2. The van der Waals surface area contributed by atoms with Crippen molar-refractivity contribution in [3.63, 3.8) is 0 Å². The maximum Gasteiger partial charge on any atom is 0.0702 e. The van der Waals surface area contributed by atoms with E-state index in [0.29, 0.717) is 0 Å². The Labute approximate surface area is 89.4 Å². The summed E-state index contributed by atoms with van der Waals surface area (Å²) >= 11 is 0. The number of aromatic nitrogens is 1. The molecule has 0 aliphatic heterocycles. The van der Waals surface area contributed by atoms with Gasteiger partial charge in [0, 0.05) is 17.6 Å². The molecule has 2 rings (SSSR count). The molecule has 0 aliphatic rings. The molecular weight excluding hydrogens is 184 g/mol. The van der Waals surface area contributed by atoms with Crippen molar-refractivity contribution >= 4 is 10.9 Å². The van der Waals surface area contributed by atoms with Gasteiger partial charge in [0.25, 0.3) is 0 Å². The van der Waals surface area contributed by atoms with Crippen LogP contribution in [0.1, 0.15) is 18.0 Å². The first-order valence-electron chi connectivity index (χ1n) is 5.02. The lowest BCUT2D eigenvalue weighted by Gasteiger charge is -2.09. The molecule has 0 bridgehead atoms. The minimum absolute atomic E-state index is 0.000365. The van der Waals surface area contributed by atoms with Crippen molar-refractivity contribution in [2.45, 2.75) is 12.5 Å². The lowest BCUT2D eigenvalue weighted by atomic mass is 10.0. The molecule has 2 nitrogen and oxygen atoms in total. The minimum atomic E-state index is -0.000365. The molecule has 15 heavy (non-hydrogen) atoms. The van der Waals surface area contributed by atoms with Gasteiger partial charge in [0.2, 0.25) is 0 Å². The Morgan fingerprint density at radius 1 is 1.40 bits per heavy atom. The Morgan fingerprint density at radius 3 is 3.00 bits per heavy atom. The van der Waals surface area contributed by atoms with Crippen molar-refractivity contribution in [3.8, 4) is 0 Å². The Kier molecular flexibility index (Phi) is 2.79. The number of nitrogens with zero attached hydrogens (tertiary/aromatic N) is 1. The molecule has 2 aromatic rings. The SMILES string of the molecule is C=CCC(N)c1cnc2ccccc2c1. The van der Waals surface area contributed by atoms with E-state index in [0.717, 1.165) is 22.9 Å². The summed E-state index contributed by atoms with van der Waals surface area (Å²) in [4.78, 5) is 4.37. The number of hydrogen-bond acceptors (Lipinski definition) is 2. The molecule has 2 N–H and O–H groups in total. The maximum absolute atomic E-state index is 5.99. The third kappa shape index (κ3) is 2.05. The van der Waals surface area contributed by atoms with Crippen molar-refractivity contribution in [2.75, 3.05) is 0 Å². The minimum Gasteiger partial charge on any atom is -0.324 e. The van der Waals surface area contributed by atoms with Gasteiger partial charge in [-0.1, -0.05) is 24.3 Å². The molecule has 0 spiro atoms. The molecule has 0 saturated carbocycles. The summed E-state index contributed by atoms with van der Waals surface area (Å²) in [5, 5.41) is 1.13. The summed E-state index contributed by atoms with van der Waals surface area (Å²) in [5.41, 5.74) is 8.06. The van der Waals surface area contributed by atoms with Gasteiger partial charge in [-0.2, -0.15) is 0 Å². The van der Waals surface area contributed by atoms with Crippen molar-refractivity contribution in [2.24, 2.45) is 5.73 Å². The van der Waals surface area contributed by atoms with Gasteiger partial charge in [-0.3, -0.25) is 4.98 Å². The van der Waals surface area contributed by atoms with E-state index in [-0.39, 0.29) is 6.04 Å². The molecule has 76 valence electrons. The highest BCUT2D eigenvalue weighted by atomic mass is 14.7. The summed E-state index contributed by atoms with van der Waals surface area (Å²) in [6.45, 7) is 3.69. The van der Waals surface area contributed by atoms with Crippen LogP contribution in [0.3, 0.4) is 0 Å². The van der Waals surface area contributed by atoms with E-state index in [9.17, 15) is 0 Å². The highest BCUT2D eigenvalue weighted by Gasteiger charge is 2.04. The van der Waals surface area contributed by atoms with Crippen LogP contribution in [0.15, 0.2) is 49.2 Å². The molecule has 0 amide bonds. The first kappa shape index (κ1) is 9.87. The van der Waals surface area contributed by atoms with E-state index in [4.69, 9.17) is 5.73 Å². The second-order valence-electron chi connectivity index (χ2n) is 3.59. The van der Waals surface area contributed by atoms with Gasteiger partial charge in [-0.05, 0) is 24.1 Å². The van der Waals surface area contributed by atoms with Gasteiger partial charge in [-0.25, -0.2) is 0 Å². The third-order valence-corrected chi connectivity index (χ3v) is 2.46. The molecule has 0 radical (unpaired) electrons. The molecule has 1 heterocycles. The van der Waals surface area contributed by atoms with Crippen LogP contribution >= 0.6 is 0 Å². The summed E-state index contributed by atoms with van der Waals surface area (Å²) in [5.74, 6) is 0. The van der Waals surface area contributed by atoms with Crippen LogP contribution in [0.25, 0.3) is 10.9 Å². The Bertz CT molecular complexity index is 477. The monoisotopic (exact) mass is 198 g/mol. The van der Waals surface area contributed by atoms with Gasteiger partial charge in [-0.15, -0.1) is 6.58 Å². The van der Waals surface area contributed by atoms with E-state index in [1.807, 2.05) is 36.5 Å². The topological polar surface area (TPSA) is 38.9 Å². The predicted octanol–water partition coefficient (Wildman–Crippen LogP) is 2.81. The van der Waals surface area contributed by atoms with Gasteiger partial charge in [0.05, 0.1) is 5.52 Å². The van der Waals surface area contributed by atoms with Crippen LogP contribution < -0.4 is 5.73 Å². The summed E-state index contributed by atoms with van der Waals surface area (Å²) in [6, 6.07) is 10.1. The van der Waals surface area contributed by atoms with Crippen molar-refractivity contribution in [1.29, 1.82) is 0 Å². The fourth-order valence-corrected chi connectivity index (χ4v) is 1.61. The quantitative estimate of drug-likeness (QED) is 0.770.